The Hall–Kier alpha value is -0.120. The van der Waals surface area contributed by atoms with Crippen molar-refractivity contribution in [1.29, 1.82) is 0 Å². The van der Waals surface area contributed by atoms with Gasteiger partial charge in [0.25, 0.3) is 0 Å². The highest BCUT2D eigenvalue weighted by molar-refractivity contribution is 4.95. The molecule has 0 radical (unpaired) electrons. The first-order chi connectivity index (χ1) is 9.18. The van der Waals surface area contributed by atoms with Crippen LogP contribution in [-0.4, -0.2) is 41.8 Å². The normalized spacial score (nSPS) is 27.9. The Balaban J connectivity index is 2.45. The van der Waals surface area contributed by atoms with Gasteiger partial charge in [-0.1, -0.05) is 39.5 Å². The number of hydrogen-bond acceptors (Lipinski definition) is 3. The zero-order chi connectivity index (χ0) is 14.1. The van der Waals surface area contributed by atoms with Gasteiger partial charge in [-0.3, -0.25) is 4.90 Å². The first kappa shape index (κ1) is 16.9. The number of nitrogens with zero attached hydrogens (tertiary/aromatic N) is 1. The fourth-order valence-corrected chi connectivity index (χ4v) is 3.73. The maximum absolute atomic E-state index is 8.81. The molecule has 19 heavy (non-hydrogen) atoms. The summed E-state index contributed by atoms with van der Waals surface area (Å²) in [5.41, 5.74) is 6.42. The zero-order valence-corrected chi connectivity index (χ0v) is 13.0. The first-order valence-corrected chi connectivity index (χ1v) is 8.24. The molecule has 3 nitrogen and oxygen atoms in total. The summed E-state index contributed by atoms with van der Waals surface area (Å²) in [6.07, 6.45) is 9.82. The van der Waals surface area contributed by atoms with Gasteiger partial charge in [-0.05, 0) is 44.7 Å². The Morgan fingerprint density at radius 3 is 2.58 bits per heavy atom. The Kier molecular flexibility index (Phi) is 7.96. The Morgan fingerprint density at radius 2 is 2.00 bits per heavy atom. The quantitative estimate of drug-likeness (QED) is 0.633. The minimum absolute atomic E-state index is 0.267. The SMILES string of the molecule is CCN(CCCCCCO)C1(CN)CCCC(C)C1. The molecule has 2 atom stereocenters. The minimum atomic E-state index is 0.267. The van der Waals surface area contributed by atoms with Crippen LogP contribution in [0.15, 0.2) is 0 Å². The number of aliphatic hydroxyl groups excluding tert-OH is 1. The lowest BCUT2D eigenvalue weighted by Crippen LogP contribution is -2.56. The van der Waals surface area contributed by atoms with E-state index < -0.39 is 0 Å². The van der Waals surface area contributed by atoms with Crippen LogP contribution in [0.4, 0.5) is 0 Å². The van der Waals surface area contributed by atoms with Crippen LogP contribution >= 0.6 is 0 Å². The van der Waals surface area contributed by atoms with Crippen LogP contribution < -0.4 is 5.73 Å². The monoisotopic (exact) mass is 270 g/mol. The molecule has 0 aromatic heterocycles. The second-order valence-electron chi connectivity index (χ2n) is 6.35. The molecule has 0 heterocycles. The maximum atomic E-state index is 8.81. The van der Waals surface area contributed by atoms with Gasteiger partial charge in [0.15, 0.2) is 0 Å². The van der Waals surface area contributed by atoms with E-state index in [2.05, 4.69) is 18.7 Å². The van der Waals surface area contributed by atoms with E-state index in [4.69, 9.17) is 10.8 Å². The van der Waals surface area contributed by atoms with Crippen molar-refractivity contribution in [2.45, 2.75) is 70.8 Å². The average Bonchev–Trinajstić information content (AvgIpc) is 2.42. The molecule has 3 heteroatoms. The Bertz CT molecular complexity index is 235. The summed E-state index contributed by atoms with van der Waals surface area (Å²) >= 11 is 0. The second kappa shape index (κ2) is 8.93. The lowest BCUT2D eigenvalue weighted by Gasteiger charge is -2.47. The summed E-state index contributed by atoms with van der Waals surface area (Å²) < 4.78 is 0. The molecule has 3 N–H and O–H groups in total. The molecule has 1 aliphatic rings. The summed E-state index contributed by atoms with van der Waals surface area (Å²) in [4.78, 5) is 2.64. The van der Waals surface area contributed by atoms with E-state index in [1.54, 1.807) is 0 Å². The molecule has 1 saturated carbocycles. The Morgan fingerprint density at radius 1 is 1.26 bits per heavy atom. The van der Waals surface area contributed by atoms with Gasteiger partial charge in [0, 0.05) is 18.7 Å². The lowest BCUT2D eigenvalue weighted by molar-refractivity contribution is 0.0417. The Labute approximate surface area is 119 Å². The van der Waals surface area contributed by atoms with Gasteiger partial charge >= 0.3 is 0 Å². The van der Waals surface area contributed by atoms with E-state index in [0.29, 0.717) is 6.61 Å². The van der Waals surface area contributed by atoms with Crippen molar-refractivity contribution >= 4 is 0 Å². The van der Waals surface area contributed by atoms with Gasteiger partial charge in [0.1, 0.15) is 0 Å². The fourth-order valence-electron chi connectivity index (χ4n) is 3.73. The molecule has 0 aromatic rings. The van der Waals surface area contributed by atoms with Crippen LogP contribution in [0, 0.1) is 5.92 Å². The standard InChI is InChI=1S/C16H34N2O/c1-3-18(11-6-4-5-7-12-19)16(14-17)10-8-9-15(2)13-16/h15,19H,3-14,17H2,1-2H3. The summed E-state index contributed by atoms with van der Waals surface area (Å²) in [5, 5.41) is 8.81. The van der Waals surface area contributed by atoms with Crippen molar-refractivity contribution in [1.82, 2.24) is 4.90 Å². The molecule has 1 fully saturated rings. The van der Waals surface area contributed by atoms with Gasteiger partial charge in [0.2, 0.25) is 0 Å². The van der Waals surface area contributed by atoms with Gasteiger partial charge in [-0.2, -0.15) is 0 Å². The maximum Gasteiger partial charge on any atom is 0.0431 e. The van der Waals surface area contributed by atoms with Crippen LogP contribution in [-0.2, 0) is 0 Å². The molecule has 114 valence electrons. The van der Waals surface area contributed by atoms with E-state index >= 15 is 0 Å². The van der Waals surface area contributed by atoms with Crippen molar-refractivity contribution in [3.63, 3.8) is 0 Å². The van der Waals surface area contributed by atoms with Crippen LogP contribution in [0.3, 0.4) is 0 Å². The van der Waals surface area contributed by atoms with Crippen molar-refractivity contribution in [2.75, 3.05) is 26.2 Å². The third-order valence-electron chi connectivity index (χ3n) is 4.84. The summed E-state index contributed by atoms with van der Waals surface area (Å²) in [6, 6.07) is 0. The lowest BCUT2D eigenvalue weighted by atomic mass is 9.75. The van der Waals surface area contributed by atoms with Crippen molar-refractivity contribution in [3.05, 3.63) is 0 Å². The highest BCUT2D eigenvalue weighted by Crippen LogP contribution is 2.36. The molecule has 1 aliphatic carbocycles. The molecular formula is C16H34N2O. The van der Waals surface area contributed by atoms with Crippen molar-refractivity contribution in [2.24, 2.45) is 11.7 Å². The third-order valence-corrected chi connectivity index (χ3v) is 4.84. The molecule has 0 bridgehead atoms. The van der Waals surface area contributed by atoms with Crippen molar-refractivity contribution < 1.29 is 5.11 Å². The van der Waals surface area contributed by atoms with E-state index in [1.165, 1.54) is 45.1 Å². The van der Waals surface area contributed by atoms with Crippen molar-refractivity contribution in [3.8, 4) is 0 Å². The molecule has 0 saturated heterocycles. The van der Waals surface area contributed by atoms with Gasteiger partial charge < -0.3 is 10.8 Å². The fraction of sp³-hybridized carbons (Fsp3) is 1.00. The van der Waals surface area contributed by atoms with E-state index in [9.17, 15) is 0 Å². The van der Waals surface area contributed by atoms with Crippen LogP contribution in [0.5, 0.6) is 0 Å². The minimum Gasteiger partial charge on any atom is -0.396 e. The number of likely N-dealkylation sites (N-methyl/N-ethyl adjacent to an activating group) is 1. The molecule has 0 amide bonds. The van der Waals surface area contributed by atoms with E-state index in [0.717, 1.165) is 31.8 Å². The predicted molar refractivity (Wildman–Crippen MR) is 82.2 cm³/mol. The summed E-state index contributed by atoms with van der Waals surface area (Å²) in [6.45, 7) is 8.07. The summed E-state index contributed by atoms with van der Waals surface area (Å²) in [5.74, 6) is 0.820. The second-order valence-corrected chi connectivity index (χ2v) is 6.35. The molecule has 0 spiro atoms. The van der Waals surface area contributed by atoms with Gasteiger partial charge in [0.05, 0.1) is 0 Å². The topological polar surface area (TPSA) is 49.5 Å². The molecule has 2 unspecified atom stereocenters. The molecular weight excluding hydrogens is 236 g/mol. The number of unbranched alkanes of at least 4 members (excludes halogenated alkanes) is 3. The van der Waals surface area contributed by atoms with Crippen LogP contribution in [0.1, 0.15) is 65.2 Å². The predicted octanol–water partition coefficient (Wildman–Crippen LogP) is 2.77. The van der Waals surface area contributed by atoms with Gasteiger partial charge in [-0.25, -0.2) is 0 Å². The summed E-state index contributed by atoms with van der Waals surface area (Å²) in [7, 11) is 0. The van der Waals surface area contributed by atoms with E-state index in [1.807, 2.05) is 0 Å². The van der Waals surface area contributed by atoms with Gasteiger partial charge in [-0.15, -0.1) is 0 Å². The highest BCUT2D eigenvalue weighted by atomic mass is 16.2. The number of nitrogens with two attached hydrogens (primary N) is 1. The first-order valence-electron chi connectivity index (χ1n) is 8.24. The average molecular weight is 270 g/mol. The number of hydrogen-bond donors (Lipinski definition) is 2. The van der Waals surface area contributed by atoms with Crippen LogP contribution in [0.2, 0.25) is 0 Å². The highest BCUT2D eigenvalue weighted by Gasteiger charge is 2.37. The number of rotatable bonds is 9. The molecule has 1 rings (SSSR count). The molecule has 0 aromatic carbocycles. The number of aliphatic hydroxyl groups is 1. The smallest absolute Gasteiger partial charge is 0.0431 e. The zero-order valence-electron chi connectivity index (χ0n) is 13.0. The van der Waals surface area contributed by atoms with E-state index in [-0.39, 0.29) is 5.54 Å². The third kappa shape index (κ3) is 5.05. The largest absolute Gasteiger partial charge is 0.396 e. The molecule has 0 aliphatic heterocycles. The van der Waals surface area contributed by atoms with Crippen LogP contribution in [0.25, 0.3) is 0 Å².